The maximum Gasteiger partial charge on any atom is 0.293 e. The van der Waals surface area contributed by atoms with Gasteiger partial charge in [-0.1, -0.05) is 23.4 Å². The maximum atomic E-state index is 12.8. The van der Waals surface area contributed by atoms with Crippen molar-refractivity contribution in [3.8, 4) is 0 Å². The summed E-state index contributed by atoms with van der Waals surface area (Å²) in [5, 5.41) is 4.72. The third-order valence-electron chi connectivity index (χ3n) is 4.45. The third-order valence-corrected chi connectivity index (χ3v) is 4.45. The van der Waals surface area contributed by atoms with E-state index in [0.29, 0.717) is 31.0 Å². The zero-order valence-corrected chi connectivity index (χ0v) is 13.8. The monoisotopic (exact) mass is 337 g/mol. The molecule has 0 bridgehead atoms. The van der Waals surface area contributed by atoms with Crippen LogP contribution in [0, 0.1) is 0 Å². The van der Waals surface area contributed by atoms with Gasteiger partial charge in [-0.25, -0.2) is 0 Å². The Morgan fingerprint density at radius 2 is 2.20 bits per heavy atom. The number of fused-ring (bicyclic) bond motifs is 1. The van der Waals surface area contributed by atoms with Crippen LogP contribution >= 0.6 is 0 Å². The number of hydrogen-bond donors (Lipinski definition) is 0. The lowest BCUT2D eigenvalue weighted by Crippen LogP contribution is -2.43. The number of carbonyl (C=O) groups is 1. The number of pyridine rings is 1. The average molecular weight is 337 g/mol. The van der Waals surface area contributed by atoms with Crippen molar-refractivity contribution in [3.63, 3.8) is 0 Å². The minimum absolute atomic E-state index is 0.0205. The summed E-state index contributed by atoms with van der Waals surface area (Å²) < 4.78 is 11.3. The molecular weight excluding hydrogens is 318 g/mol. The van der Waals surface area contributed by atoms with Crippen molar-refractivity contribution in [2.24, 2.45) is 0 Å². The number of carbonyl (C=O) groups excluding carboxylic acids is 1. The summed E-state index contributed by atoms with van der Waals surface area (Å²) in [6.45, 7) is 1.78. The summed E-state index contributed by atoms with van der Waals surface area (Å²) >= 11 is 0. The molecule has 128 valence electrons. The average Bonchev–Trinajstić information content (AvgIpc) is 3.11. The van der Waals surface area contributed by atoms with E-state index in [1.807, 2.05) is 36.4 Å². The van der Waals surface area contributed by atoms with Crippen molar-refractivity contribution in [2.75, 3.05) is 13.1 Å². The molecule has 2 aromatic heterocycles. The Morgan fingerprint density at radius 1 is 1.28 bits per heavy atom. The smallest absolute Gasteiger partial charge is 0.293 e. The predicted octanol–water partition coefficient (Wildman–Crippen LogP) is 3.04. The zero-order chi connectivity index (χ0) is 17.1. The summed E-state index contributed by atoms with van der Waals surface area (Å²) in [6.07, 6.45) is 5.42. The standard InChI is InChI=1S/C19H19N3O3/c23-19(18-16-7-1-2-8-17(16)21-25-18)22-10-4-6-15(12-22)24-13-14-5-3-9-20-11-14/h1-3,5,7-9,11,15H,4,6,10,12-13H2. The number of ether oxygens (including phenoxy) is 1. The van der Waals surface area contributed by atoms with Crippen molar-refractivity contribution in [1.29, 1.82) is 0 Å². The van der Waals surface area contributed by atoms with Gasteiger partial charge in [0, 0.05) is 25.5 Å². The van der Waals surface area contributed by atoms with E-state index in [1.54, 1.807) is 17.3 Å². The van der Waals surface area contributed by atoms with Crippen LogP contribution < -0.4 is 0 Å². The summed E-state index contributed by atoms with van der Waals surface area (Å²) in [6, 6.07) is 11.3. The fourth-order valence-corrected chi connectivity index (χ4v) is 3.14. The molecule has 4 rings (SSSR count). The number of likely N-dealkylation sites (tertiary alicyclic amines) is 1. The van der Waals surface area contributed by atoms with Crippen molar-refractivity contribution in [2.45, 2.75) is 25.6 Å². The SMILES string of the molecule is O=C(c1onc2ccccc12)N1CCCC(OCc2cccnc2)C1. The largest absolute Gasteiger partial charge is 0.372 e. The van der Waals surface area contributed by atoms with Gasteiger partial charge in [-0.15, -0.1) is 0 Å². The van der Waals surface area contributed by atoms with Gasteiger partial charge >= 0.3 is 0 Å². The first-order chi connectivity index (χ1) is 12.3. The molecule has 1 aromatic carbocycles. The Balaban J connectivity index is 1.43. The fraction of sp³-hybridized carbons (Fsp3) is 0.316. The van der Waals surface area contributed by atoms with Gasteiger partial charge in [0.05, 0.1) is 18.1 Å². The van der Waals surface area contributed by atoms with Crippen LogP contribution in [0.25, 0.3) is 10.9 Å². The molecule has 0 spiro atoms. The number of piperidine rings is 1. The summed E-state index contributed by atoms with van der Waals surface area (Å²) in [5.41, 5.74) is 1.74. The lowest BCUT2D eigenvalue weighted by molar-refractivity contribution is -0.00775. The van der Waals surface area contributed by atoms with Gasteiger partial charge in [-0.3, -0.25) is 9.78 Å². The van der Waals surface area contributed by atoms with Gasteiger partial charge in [-0.05, 0) is 36.6 Å². The van der Waals surface area contributed by atoms with Crippen LogP contribution in [-0.4, -0.2) is 40.1 Å². The Kier molecular flexibility index (Phi) is 4.43. The zero-order valence-electron chi connectivity index (χ0n) is 13.8. The number of benzene rings is 1. The van der Waals surface area contributed by atoms with E-state index < -0.39 is 0 Å². The summed E-state index contributed by atoms with van der Waals surface area (Å²) in [7, 11) is 0. The van der Waals surface area contributed by atoms with Crippen molar-refractivity contribution < 1.29 is 14.1 Å². The number of rotatable bonds is 4. The van der Waals surface area contributed by atoms with Crippen molar-refractivity contribution in [3.05, 3.63) is 60.1 Å². The predicted molar refractivity (Wildman–Crippen MR) is 92.0 cm³/mol. The van der Waals surface area contributed by atoms with Crippen LogP contribution in [0.2, 0.25) is 0 Å². The molecule has 0 N–H and O–H groups in total. The molecule has 1 saturated heterocycles. The van der Waals surface area contributed by atoms with Gasteiger partial charge < -0.3 is 14.2 Å². The summed E-state index contributed by atoms with van der Waals surface area (Å²) in [5.74, 6) is 0.187. The van der Waals surface area contributed by atoms with E-state index in [-0.39, 0.29) is 12.0 Å². The van der Waals surface area contributed by atoms with Crippen molar-refractivity contribution in [1.82, 2.24) is 15.0 Å². The van der Waals surface area contributed by atoms with Crippen molar-refractivity contribution >= 4 is 16.8 Å². The Bertz CT molecular complexity index is 862. The molecule has 3 heterocycles. The number of nitrogens with zero attached hydrogens (tertiary/aromatic N) is 3. The topological polar surface area (TPSA) is 68.5 Å². The molecule has 1 fully saturated rings. The van der Waals surface area contributed by atoms with Gasteiger partial charge in [-0.2, -0.15) is 0 Å². The van der Waals surface area contributed by atoms with Crippen LogP contribution in [-0.2, 0) is 11.3 Å². The molecule has 1 aliphatic rings. The van der Waals surface area contributed by atoms with Crippen LogP contribution in [0.15, 0.2) is 53.3 Å². The first kappa shape index (κ1) is 15.8. The Labute approximate surface area is 145 Å². The van der Waals surface area contributed by atoms with Crippen LogP contribution in [0.3, 0.4) is 0 Å². The minimum atomic E-state index is -0.122. The molecule has 1 unspecified atom stereocenters. The lowest BCUT2D eigenvalue weighted by atomic mass is 10.1. The van der Waals surface area contributed by atoms with E-state index in [4.69, 9.17) is 9.26 Å². The second-order valence-corrected chi connectivity index (χ2v) is 6.22. The van der Waals surface area contributed by atoms with E-state index in [1.165, 1.54) is 0 Å². The van der Waals surface area contributed by atoms with Gasteiger partial charge in [0.1, 0.15) is 5.52 Å². The Hall–Kier alpha value is -2.73. The van der Waals surface area contributed by atoms with Gasteiger partial charge in [0.25, 0.3) is 5.91 Å². The molecule has 0 saturated carbocycles. The molecule has 1 atom stereocenters. The molecule has 25 heavy (non-hydrogen) atoms. The lowest BCUT2D eigenvalue weighted by Gasteiger charge is -2.32. The highest BCUT2D eigenvalue weighted by Crippen LogP contribution is 2.22. The molecule has 1 amide bonds. The number of hydrogen-bond acceptors (Lipinski definition) is 5. The van der Waals surface area contributed by atoms with E-state index >= 15 is 0 Å². The first-order valence-corrected chi connectivity index (χ1v) is 8.45. The van der Waals surface area contributed by atoms with Gasteiger partial charge in [0.15, 0.2) is 0 Å². The second-order valence-electron chi connectivity index (χ2n) is 6.22. The fourth-order valence-electron chi connectivity index (χ4n) is 3.14. The van der Waals surface area contributed by atoms with Crippen LogP contribution in [0.5, 0.6) is 0 Å². The molecule has 6 heteroatoms. The quantitative estimate of drug-likeness (QED) is 0.732. The van der Waals surface area contributed by atoms with E-state index in [2.05, 4.69) is 10.1 Å². The summed E-state index contributed by atoms with van der Waals surface area (Å²) in [4.78, 5) is 18.7. The van der Waals surface area contributed by atoms with Crippen LogP contribution in [0.4, 0.5) is 0 Å². The van der Waals surface area contributed by atoms with Gasteiger partial charge in [0.2, 0.25) is 5.76 Å². The molecule has 3 aromatic rings. The second kappa shape index (κ2) is 7.03. The molecular formula is C19H19N3O3. The van der Waals surface area contributed by atoms with E-state index in [9.17, 15) is 4.79 Å². The first-order valence-electron chi connectivity index (χ1n) is 8.45. The number of amides is 1. The highest BCUT2D eigenvalue weighted by Gasteiger charge is 2.28. The third kappa shape index (κ3) is 3.39. The molecule has 0 aliphatic carbocycles. The van der Waals surface area contributed by atoms with E-state index in [0.717, 1.165) is 23.8 Å². The Morgan fingerprint density at radius 3 is 3.08 bits per heavy atom. The molecule has 6 nitrogen and oxygen atoms in total. The maximum absolute atomic E-state index is 12.8. The molecule has 0 radical (unpaired) electrons. The highest BCUT2D eigenvalue weighted by atomic mass is 16.5. The number of aromatic nitrogens is 2. The molecule has 1 aliphatic heterocycles. The van der Waals surface area contributed by atoms with Crippen LogP contribution in [0.1, 0.15) is 29.0 Å². The minimum Gasteiger partial charge on any atom is -0.372 e. The highest BCUT2D eigenvalue weighted by molar-refractivity contribution is 6.03. The normalized spacial score (nSPS) is 17.8.